The van der Waals surface area contributed by atoms with Crippen LogP contribution in [0.25, 0.3) is 11.1 Å². The standard InChI is InChI=1S/C23H21NO4/c1-2-27-23(26)18-11-8-12-19(15-18)24-22(25)16-28-21-14-7-6-13-20(21)17-9-4-3-5-10-17/h3-15H,2,16H2,1H3,(H,24,25). The van der Waals surface area contributed by atoms with Crippen molar-refractivity contribution in [2.45, 2.75) is 6.92 Å². The largest absolute Gasteiger partial charge is 0.483 e. The first-order chi connectivity index (χ1) is 13.7. The third-order valence-electron chi connectivity index (χ3n) is 3.99. The van der Waals surface area contributed by atoms with E-state index in [2.05, 4.69) is 5.32 Å². The lowest BCUT2D eigenvalue weighted by Crippen LogP contribution is -2.20. The van der Waals surface area contributed by atoms with E-state index in [1.165, 1.54) is 0 Å². The van der Waals surface area contributed by atoms with Gasteiger partial charge in [-0.3, -0.25) is 4.79 Å². The fourth-order valence-electron chi connectivity index (χ4n) is 2.73. The Labute approximate surface area is 163 Å². The summed E-state index contributed by atoms with van der Waals surface area (Å²) in [5.41, 5.74) is 2.83. The maximum absolute atomic E-state index is 12.3. The Morgan fingerprint density at radius 1 is 0.893 bits per heavy atom. The third-order valence-corrected chi connectivity index (χ3v) is 3.99. The maximum Gasteiger partial charge on any atom is 0.338 e. The van der Waals surface area contributed by atoms with Crippen molar-refractivity contribution >= 4 is 17.6 Å². The van der Waals surface area contributed by atoms with Crippen molar-refractivity contribution < 1.29 is 19.1 Å². The topological polar surface area (TPSA) is 64.6 Å². The number of hydrogen-bond donors (Lipinski definition) is 1. The van der Waals surface area contributed by atoms with Gasteiger partial charge in [0.1, 0.15) is 5.75 Å². The molecule has 0 saturated carbocycles. The highest BCUT2D eigenvalue weighted by Crippen LogP contribution is 2.29. The second-order valence-electron chi connectivity index (χ2n) is 6.00. The van der Waals surface area contributed by atoms with Gasteiger partial charge in [0.05, 0.1) is 12.2 Å². The molecule has 0 heterocycles. The summed E-state index contributed by atoms with van der Waals surface area (Å²) in [6, 6.07) is 24.0. The first kappa shape index (κ1) is 19.2. The minimum absolute atomic E-state index is 0.145. The van der Waals surface area contributed by atoms with Crippen LogP contribution in [0.1, 0.15) is 17.3 Å². The number of carbonyl (C=O) groups is 2. The lowest BCUT2D eigenvalue weighted by molar-refractivity contribution is -0.118. The van der Waals surface area contributed by atoms with Crippen LogP contribution < -0.4 is 10.1 Å². The highest BCUT2D eigenvalue weighted by atomic mass is 16.5. The molecule has 5 heteroatoms. The average Bonchev–Trinajstić information content (AvgIpc) is 2.73. The summed E-state index contributed by atoms with van der Waals surface area (Å²) in [6.45, 7) is 1.89. The van der Waals surface area contributed by atoms with E-state index in [-0.39, 0.29) is 12.5 Å². The molecule has 3 aromatic carbocycles. The van der Waals surface area contributed by atoms with Crippen molar-refractivity contribution in [2.75, 3.05) is 18.5 Å². The van der Waals surface area contributed by atoms with Gasteiger partial charge in [0, 0.05) is 11.3 Å². The Hall–Kier alpha value is -3.60. The van der Waals surface area contributed by atoms with Crippen LogP contribution in [0.15, 0.2) is 78.9 Å². The molecular formula is C23H21NO4. The molecule has 3 aromatic rings. The van der Waals surface area contributed by atoms with Gasteiger partial charge in [-0.25, -0.2) is 4.79 Å². The molecule has 0 radical (unpaired) electrons. The minimum atomic E-state index is -0.424. The summed E-state index contributed by atoms with van der Waals surface area (Å²) in [4.78, 5) is 24.1. The number of nitrogens with one attached hydrogen (secondary N) is 1. The third kappa shape index (κ3) is 4.98. The molecule has 0 atom stereocenters. The van der Waals surface area contributed by atoms with Gasteiger partial charge in [-0.15, -0.1) is 0 Å². The van der Waals surface area contributed by atoms with E-state index in [4.69, 9.17) is 9.47 Å². The fraction of sp³-hybridized carbons (Fsp3) is 0.130. The molecule has 0 unspecified atom stereocenters. The van der Waals surface area contributed by atoms with Gasteiger partial charge in [-0.1, -0.05) is 54.6 Å². The van der Waals surface area contributed by atoms with Gasteiger partial charge in [0.15, 0.2) is 6.61 Å². The number of benzene rings is 3. The summed E-state index contributed by atoms with van der Waals surface area (Å²) in [7, 11) is 0. The lowest BCUT2D eigenvalue weighted by atomic mass is 10.1. The van der Waals surface area contributed by atoms with E-state index in [0.717, 1.165) is 11.1 Å². The molecule has 0 aliphatic rings. The Bertz CT molecular complexity index is 954. The van der Waals surface area contributed by atoms with Gasteiger partial charge in [-0.2, -0.15) is 0 Å². The molecule has 0 fully saturated rings. The van der Waals surface area contributed by atoms with Crippen molar-refractivity contribution in [1.29, 1.82) is 0 Å². The van der Waals surface area contributed by atoms with Crippen molar-refractivity contribution in [3.63, 3.8) is 0 Å². The Morgan fingerprint density at radius 2 is 1.64 bits per heavy atom. The van der Waals surface area contributed by atoms with E-state index in [0.29, 0.717) is 23.6 Å². The first-order valence-corrected chi connectivity index (χ1v) is 9.01. The van der Waals surface area contributed by atoms with Crippen molar-refractivity contribution in [3.8, 4) is 16.9 Å². The van der Waals surface area contributed by atoms with E-state index < -0.39 is 5.97 Å². The average molecular weight is 375 g/mol. The van der Waals surface area contributed by atoms with Crippen molar-refractivity contribution in [1.82, 2.24) is 0 Å². The van der Waals surface area contributed by atoms with E-state index in [1.807, 2.05) is 54.6 Å². The quantitative estimate of drug-likeness (QED) is 0.616. The monoisotopic (exact) mass is 375 g/mol. The van der Waals surface area contributed by atoms with Crippen LogP contribution in [0.3, 0.4) is 0 Å². The van der Waals surface area contributed by atoms with E-state index in [9.17, 15) is 9.59 Å². The van der Waals surface area contributed by atoms with Gasteiger partial charge >= 0.3 is 5.97 Å². The number of carbonyl (C=O) groups excluding carboxylic acids is 2. The molecule has 1 N–H and O–H groups in total. The summed E-state index contributed by atoms with van der Waals surface area (Å²) in [6.07, 6.45) is 0. The van der Waals surface area contributed by atoms with Crippen LogP contribution in [0.4, 0.5) is 5.69 Å². The highest BCUT2D eigenvalue weighted by molar-refractivity contribution is 5.95. The van der Waals surface area contributed by atoms with Gasteiger partial charge in [0.25, 0.3) is 5.91 Å². The predicted octanol–water partition coefficient (Wildman–Crippen LogP) is 4.55. The number of ether oxygens (including phenoxy) is 2. The molecule has 0 bridgehead atoms. The van der Waals surface area contributed by atoms with Crippen LogP contribution in [-0.4, -0.2) is 25.1 Å². The first-order valence-electron chi connectivity index (χ1n) is 9.01. The van der Waals surface area contributed by atoms with Crippen molar-refractivity contribution in [3.05, 3.63) is 84.4 Å². The SMILES string of the molecule is CCOC(=O)c1cccc(NC(=O)COc2ccccc2-c2ccccc2)c1. The number of rotatable bonds is 7. The molecule has 5 nitrogen and oxygen atoms in total. The predicted molar refractivity (Wildman–Crippen MR) is 108 cm³/mol. The molecule has 28 heavy (non-hydrogen) atoms. The second-order valence-corrected chi connectivity index (χ2v) is 6.00. The molecule has 142 valence electrons. The van der Waals surface area contributed by atoms with Gasteiger partial charge in [0.2, 0.25) is 0 Å². The Kier molecular flexibility index (Phi) is 6.41. The van der Waals surface area contributed by atoms with Gasteiger partial charge in [-0.05, 0) is 36.8 Å². The Balaban J connectivity index is 1.64. The smallest absolute Gasteiger partial charge is 0.338 e. The summed E-state index contributed by atoms with van der Waals surface area (Å²) in [5.74, 6) is -0.111. The highest BCUT2D eigenvalue weighted by Gasteiger charge is 2.11. The Morgan fingerprint density at radius 3 is 2.43 bits per heavy atom. The maximum atomic E-state index is 12.3. The number of hydrogen-bond acceptors (Lipinski definition) is 4. The van der Waals surface area contributed by atoms with Crippen LogP contribution in [0.5, 0.6) is 5.75 Å². The zero-order valence-corrected chi connectivity index (χ0v) is 15.6. The lowest BCUT2D eigenvalue weighted by Gasteiger charge is -2.12. The molecule has 0 saturated heterocycles. The fourth-order valence-corrected chi connectivity index (χ4v) is 2.73. The van der Waals surface area contributed by atoms with E-state index in [1.54, 1.807) is 31.2 Å². The molecule has 0 aliphatic carbocycles. The molecule has 1 amide bonds. The number of amides is 1. The van der Waals surface area contributed by atoms with Crippen LogP contribution in [-0.2, 0) is 9.53 Å². The molecule has 0 aromatic heterocycles. The zero-order valence-electron chi connectivity index (χ0n) is 15.6. The molecule has 0 spiro atoms. The van der Waals surface area contributed by atoms with Crippen molar-refractivity contribution in [2.24, 2.45) is 0 Å². The second kappa shape index (κ2) is 9.37. The van der Waals surface area contributed by atoms with Gasteiger partial charge < -0.3 is 14.8 Å². The molecule has 3 rings (SSSR count). The number of esters is 1. The number of anilines is 1. The molecular weight excluding hydrogens is 354 g/mol. The van der Waals surface area contributed by atoms with Crippen LogP contribution in [0.2, 0.25) is 0 Å². The zero-order chi connectivity index (χ0) is 19.8. The van der Waals surface area contributed by atoms with E-state index >= 15 is 0 Å². The normalized spacial score (nSPS) is 10.2. The van der Waals surface area contributed by atoms with Crippen LogP contribution in [0, 0.1) is 0 Å². The number of para-hydroxylation sites is 1. The summed E-state index contributed by atoms with van der Waals surface area (Å²) < 4.78 is 10.7. The summed E-state index contributed by atoms with van der Waals surface area (Å²) in [5, 5.41) is 2.74. The molecule has 0 aliphatic heterocycles. The minimum Gasteiger partial charge on any atom is -0.483 e. The summed E-state index contributed by atoms with van der Waals surface area (Å²) >= 11 is 0. The van der Waals surface area contributed by atoms with Crippen LogP contribution >= 0.6 is 0 Å².